The standard InChI is InChI=1S/C21H20F2N2O2S/c1-13(27)25-21(28-20(24-25)17-12-16(22)8-9-19(17)23)15(10-11-26)7-6-14-4-2-3-5-18(14)21/h2-5,8-9,12,15,26H,6-7,10-11H2,1H3. The largest absolute Gasteiger partial charge is 0.396 e. The van der Waals surface area contributed by atoms with Gasteiger partial charge >= 0.3 is 0 Å². The van der Waals surface area contributed by atoms with Crippen LogP contribution in [0.2, 0.25) is 0 Å². The Bertz CT molecular complexity index is 965. The molecule has 2 aliphatic rings. The number of fused-ring (bicyclic) bond motifs is 2. The average Bonchev–Trinajstić information content (AvgIpc) is 3.08. The van der Waals surface area contributed by atoms with Crippen LogP contribution in [0.4, 0.5) is 8.78 Å². The number of hydrogen-bond acceptors (Lipinski definition) is 4. The minimum Gasteiger partial charge on any atom is -0.396 e. The van der Waals surface area contributed by atoms with Gasteiger partial charge in [-0.05, 0) is 48.6 Å². The highest BCUT2D eigenvalue weighted by Gasteiger charge is 2.55. The highest BCUT2D eigenvalue weighted by atomic mass is 32.2. The van der Waals surface area contributed by atoms with Crippen LogP contribution in [0.1, 0.15) is 36.5 Å². The first kappa shape index (κ1) is 19.1. The molecule has 2 atom stereocenters. The van der Waals surface area contributed by atoms with Crippen molar-refractivity contribution in [1.29, 1.82) is 0 Å². The van der Waals surface area contributed by atoms with Crippen LogP contribution >= 0.6 is 11.8 Å². The number of carbonyl (C=O) groups excluding carboxylic acids is 1. The molecule has 4 rings (SSSR count). The van der Waals surface area contributed by atoms with Crippen molar-refractivity contribution in [2.24, 2.45) is 11.0 Å². The van der Waals surface area contributed by atoms with Gasteiger partial charge in [-0.1, -0.05) is 36.0 Å². The molecule has 1 aliphatic carbocycles. The van der Waals surface area contributed by atoms with Gasteiger partial charge in [0.2, 0.25) is 5.91 Å². The van der Waals surface area contributed by atoms with E-state index in [2.05, 4.69) is 5.10 Å². The summed E-state index contributed by atoms with van der Waals surface area (Å²) < 4.78 is 28.2. The van der Waals surface area contributed by atoms with Crippen LogP contribution in [0.5, 0.6) is 0 Å². The van der Waals surface area contributed by atoms with E-state index in [1.807, 2.05) is 24.3 Å². The fourth-order valence-electron chi connectivity index (χ4n) is 4.20. The number of hydrazone groups is 1. The summed E-state index contributed by atoms with van der Waals surface area (Å²) in [5, 5.41) is 15.8. The van der Waals surface area contributed by atoms with Crippen molar-refractivity contribution in [3.63, 3.8) is 0 Å². The number of benzene rings is 2. The molecule has 0 radical (unpaired) electrons. The van der Waals surface area contributed by atoms with E-state index >= 15 is 0 Å². The minimum absolute atomic E-state index is 0.0233. The smallest absolute Gasteiger partial charge is 0.241 e. The number of amides is 1. The van der Waals surface area contributed by atoms with Gasteiger partial charge in [0.25, 0.3) is 0 Å². The zero-order valence-corrected chi connectivity index (χ0v) is 16.2. The van der Waals surface area contributed by atoms with Crippen LogP contribution in [0.3, 0.4) is 0 Å². The Morgan fingerprint density at radius 2 is 2.11 bits per heavy atom. The van der Waals surface area contributed by atoms with Crippen LogP contribution in [-0.4, -0.2) is 27.7 Å². The molecule has 0 fully saturated rings. The fraction of sp³-hybridized carbons (Fsp3) is 0.333. The summed E-state index contributed by atoms with van der Waals surface area (Å²) in [6.45, 7) is 1.40. The number of nitrogens with zero attached hydrogens (tertiary/aromatic N) is 2. The first-order valence-corrected chi connectivity index (χ1v) is 10.0. The van der Waals surface area contributed by atoms with Crippen molar-refractivity contribution in [2.75, 3.05) is 6.61 Å². The number of thioether (sulfide) groups is 1. The number of carbonyl (C=O) groups is 1. The zero-order chi connectivity index (χ0) is 19.9. The summed E-state index contributed by atoms with van der Waals surface area (Å²) >= 11 is 1.27. The molecule has 1 aliphatic heterocycles. The number of aliphatic hydroxyl groups excluding tert-OH is 1. The molecule has 2 aromatic rings. The number of rotatable bonds is 3. The second-order valence-corrected chi connectivity index (χ2v) is 8.28. The molecule has 4 nitrogen and oxygen atoms in total. The zero-order valence-electron chi connectivity index (χ0n) is 15.4. The van der Waals surface area contributed by atoms with Gasteiger partial charge in [0.1, 0.15) is 21.5 Å². The van der Waals surface area contributed by atoms with E-state index in [9.17, 15) is 18.7 Å². The van der Waals surface area contributed by atoms with Crippen molar-refractivity contribution in [2.45, 2.75) is 31.1 Å². The van der Waals surface area contributed by atoms with Gasteiger partial charge in [0.05, 0.1) is 0 Å². The monoisotopic (exact) mass is 402 g/mol. The van der Waals surface area contributed by atoms with E-state index in [0.29, 0.717) is 6.42 Å². The van der Waals surface area contributed by atoms with Gasteiger partial charge in [-0.3, -0.25) is 4.79 Å². The molecular formula is C21H20F2N2O2S. The second-order valence-electron chi connectivity index (χ2n) is 7.06. The van der Waals surface area contributed by atoms with E-state index in [1.165, 1.54) is 23.7 Å². The topological polar surface area (TPSA) is 52.9 Å². The Morgan fingerprint density at radius 1 is 1.32 bits per heavy atom. The van der Waals surface area contributed by atoms with Crippen molar-refractivity contribution in [3.8, 4) is 0 Å². The minimum atomic E-state index is -0.877. The normalized spacial score (nSPS) is 23.6. The molecule has 1 amide bonds. The maximum atomic E-state index is 14.4. The number of halogens is 2. The van der Waals surface area contributed by atoms with Gasteiger partial charge in [-0.2, -0.15) is 5.10 Å². The van der Waals surface area contributed by atoms with Crippen LogP contribution in [0, 0.1) is 17.6 Å². The Hall–Kier alpha value is -2.25. The summed E-state index contributed by atoms with van der Waals surface area (Å²) in [6.07, 6.45) is 2.08. The van der Waals surface area contributed by atoms with Crippen LogP contribution in [0.15, 0.2) is 47.6 Å². The number of aliphatic hydroxyl groups is 1. The van der Waals surface area contributed by atoms with E-state index in [1.54, 1.807) is 0 Å². The molecule has 0 bridgehead atoms. The van der Waals surface area contributed by atoms with Gasteiger partial charge < -0.3 is 5.11 Å². The molecule has 2 unspecified atom stereocenters. The van der Waals surface area contributed by atoms with Crippen molar-refractivity contribution in [1.82, 2.24) is 5.01 Å². The summed E-state index contributed by atoms with van der Waals surface area (Å²) in [6, 6.07) is 11.1. The lowest BCUT2D eigenvalue weighted by molar-refractivity contribution is -0.134. The maximum Gasteiger partial charge on any atom is 0.241 e. The van der Waals surface area contributed by atoms with Gasteiger partial charge in [-0.15, -0.1) is 0 Å². The molecule has 28 heavy (non-hydrogen) atoms. The highest BCUT2D eigenvalue weighted by molar-refractivity contribution is 8.15. The Morgan fingerprint density at radius 3 is 2.86 bits per heavy atom. The van der Waals surface area contributed by atoms with E-state index in [0.717, 1.165) is 42.2 Å². The highest BCUT2D eigenvalue weighted by Crippen LogP contribution is 2.57. The number of aryl methyl sites for hydroxylation is 1. The molecule has 1 heterocycles. The van der Waals surface area contributed by atoms with Gasteiger partial charge in [0, 0.05) is 25.0 Å². The molecule has 1 spiro atoms. The first-order chi connectivity index (χ1) is 13.5. The fourth-order valence-corrected chi connectivity index (χ4v) is 5.86. The predicted molar refractivity (Wildman–Crippen MR) is 105 cm³/mol. The molecule has 0 aromatic heterocycles. The maximum absolute atomic E-state index is 14.4. The summed E-state index contributed by atoms with van der Waals surface area (Å²) in [5.41, 5.74) is 2.08. The third-order valence-electron chi connectivity index (χ3n) is 5.41. The Kier molecular flexibility index (Phi) is 4.97. The van der Waals surface area contributed by atoms with Crippen molar-refractivity contribution in [3.05, 3.63) is 70.8 Å². The lowest BCUT2D eigenvalue weighted by atomic mass is 9.77. The van der Waals surface area contributed by atoms with E-state index in [-0.39, 0.29) is 29.0 Å². The van der Waals surface area contributed by atoms with E-state index in [4.69, 9.17) is 0 Å². The SMILES string of the molecule is CC(=O)N1N=C(c2cc(F)ccc2F)SC12c1ccccc1CCC2CCO. The lowest BCUT2D eigenvalue weighted by Gasteiger charge is -2.45. The summed E-state index contributed by atoms with van der Waals surface area (Å²) in [7, 11) is 0. The summed E-state index contributed by atoms with van der Waals surface area (Å²) in [4.78, 5) is 11.7. The van der Waals surface area contributed by atoms with Gasteiger partial charge in [-0.25, -0.2) is 13.8 Å². The molecule has 0 saturated carbocycles. The molecule has 146 valence electrons. The Balaban J connectivity index is 1.89. The van der Waals surface area contributed by atoms with Crippen molar-refractivity contribution < 1.29 is 18.7 Å². The first-order valence-electron chi connectivity index (χ1n) is 9.20. The summed E-state index contributed by atoms with van der Waals surface area (Å²) in [5.74, 6) is -1.50. The Labute approximate surface area is 166 Å². The molecule has 7 heteroatoms. The molecule has 1 N–H and O–H groups in total. The lowest BCUT2D eigenvalue weighted by Crippen LogP contribution is -2.49. The van der Waals surface area contributed by atoms with Crippen LogP contribution in [0.25, 0.3) is 0 Å². The van der Waals surface area contributed by atoms with Gasteiger partial charge in [0.15, 0.2) is 0 Å². The quantitative estimate of drug-likeness (QED) is 0.844. The molecule has 0 saturated heterocycles. The third kappa shape index (κ3) is 2.93. The molecule has 2 aromatic carbocycles. The molecular weight excluding hydrogens is 382 g/mol. The van der Waals surface area contributed by atoms with Crippen LogP contribution < -0.4 is 0 Å². The average molecular weight is 402 g/mol. The number of hydrogen-bond donors (Lipinski definition) is 1. The van der Waals surface area contributed by atoms with Crippen LogP contribution in [-0.2, 0) is 16.1 Å². The van der Waals surface area contributed by atoms with Crippen molar-refractivity contribution >= 4 is 22.7 Å². The van der Waals surface area contributed by atoms with E-state index < -0.39 is 16.5 Å². The third-order valence-corrected chi connectivity index (χ3v) is 6.94. The second kappa shape index (κ2) is 7.29. The predicted octanol–water partition coefficient (Wildman–Crippen LogP) is 4.02.